The van der Waals surface area contributed by atoms with Crippen LogP contribution in [0.25, 0.3) is 0 Å². The molecule has 1 aromatic carbocycles. The van der Waals surface area contributed by atoms with Crippen molar-refractivity contribution in [3.63, 3.8) is 0 Å². The number of benzene rings is 1. The highest BCUT2D eigenvalue weighted by Gasteiger charge is 2.28. The normalized spacial score (nSPS) is 14.9. The zero-order valence-electron chi connectivity index (χ0n) is 17.4. The standard InChI is InChI=1S/C24H25N5O2/c1-31-28-23(22-4-2-3-13-26-22)18-11-16-29(17-12-18)24(30)19-5-7-20(8-6-19)27-21-9-14-25-15-10-21/h2-10,13-15,18H,11-12,16-17H2,1H3,(H,25,27)/b28-23+. The van der Waals surface area contributed by atoms with Crippen LogP contribution >= 0.6 is 0 Å². The Morgan fingerprint density at radius 1 is 1.00 bits per heavy atom. The molecule has 1 aliphatic heterocycles. The largest absolute Gasteiger partial charge is 0.399 e. The van der Waals surface area contributed by atoms with E-state index in [1.54, 1.807) is 25.7 Å². The predicted molar refractivity (Wildman–Crippen MR) is 120 cm³/mol. The number of likely N-dealkylation sites (tertiary alicyclic amines) is 1. The lowest BCUT2D eigenvalue weighted by Gasteiger charge is -2.32. The van der Waals surface area contributed by atoms with E-state index in [1.165, 1.54) is 0 Å². The van der Waals surface area contributed by atoms with Crippen molar-refractivity contribution in [2.24, 2.45) is 11.1 Å². The second kappa shape index (κ2) is 9.84. The molecule has 2 aromatic heterocycles. The number of carbonyl (C=O) groups is 1. The predicted octanol–water partition coefficient (Wildman–Crippen LogP) is 4.12. The summed E-state index contributed by atoms with van der Waals surface area (Å²) in [5.41, 5.74) is 4.25. The molecule has 1 saturated heterocycles. The summed E-state index contributed by atoms with van der Waals surface area (Å²) >= 11 is 0. The number of oxime groups is 1. The molecule has 31 heavy (non-hydrogen) atoms. The number of hydrogen-bond acceptors (Lipinski definition) is 6. The molecular weight excluding hydrogens is 390 g/mol. The maximum atomic E-state index is 13.0. The van der Waals surface area contributed by atoms with Gasteiger partial charge in [-0.3, -0.25) is 14.8 Å². The van der Waals surface area contributed by atoms with Gasteiger partial charge in [0, 0.05) is 54.5 Å². The van der Waals surface area contributed by atoms with Gasteiger partial charge in [-0.25, -0.2) is 0 Å². The number of amides is 1. The molecular formula is C24H25N5O2. The van der Waals surface area contributed by atoms with Gasteiger partial charge in [0.15, 0.2) is 0 Å². The molecule has 7 nitrogen and oxygen atoms in total. The number of carbonyl (C=O) groups excluding carboxylic acids is 1. The highest BCUT2D eigenvalue weighted by atomic mass is 16.6. The number of nitrogens with one attached hydrogen (secondary N) is 1. The van der Waals surface area contributed by atoms with Crippen molar-refractivity contribution in [2.45, 2.75) is 12.8 Å². The quantitative estimate of drug-likeness (QED) is 0.484. The van der Waals surface area contributed by atoms with E-state index in [0.717, 1.165) is 35.6 Å². The molecule has 1 amide bonds. The second-order valence-corrected chi connectivity index (χ2v) is 7.38. The lowest BCUT2D eigenvalue weighted by atomic mass is 9.89. The minimum Gasteiger partial charge on any atom is -0.399 e. The third-order valence-electron chi connectivity index (χ3n) is 5.39. The molecule has 7 heteroatoms. The molecule has 1 fully saturated rings. The molecule has 3 aromatic rings. The summed E-state index contributed by atoms with van der Waals surface area (Å²) in [6, 6.07) is 17.1. The molecule has 0 bridgehead atoms. The lowest BCUT2D eigenvalue weighted by Crippen LogP contribution is -2.40. The van der Waals surface area contributed by atoms with Crippen LogP contribution in [0.2, 0.25) is 0 Å². The van der Waals surface area contributed by atoms with Crippen LogP contribution in [0.5, 0.6) is 0 Å². The molecule has 0 radical (unpaired) electrons. The molecule has 0 atom stereocenters. The monoisotopic (exact) mass is 415 g/mol. The van der Waals surface area contributed by atoms with E-state index in [-0.39, 0.29) is 11.8 Å². The van der Waals surface area contributed by atoms with Crippen LogP contribution in [0, 0.1) is 5.92 Å². The van der Waals surface area contributed by atoms with Crippen molar-refractivity contribution >= 4 is 23.0 Å². The van der Waals surface area contributed by atoms with Crippen molar-refractivity contribution in [1.29, 1.82) is 0 Å². The average molecular weight is 415 g/mol. The third kappa shape index (κ3) is 5.06. The van der Waals surface area contributed by atoms with Crippen molar-refractivity contribution in [2.75, 3.05) is 25.5 Å². The molecule has 1 N–H and O–H groups in total. The van der Waals surface area contributed by atoms with Crippen molar-refractivity contribution in [3.8, 4) is 0 Å². The summed E-state index contributed by atoms with van der Waals surface area (Å²) in [6.45, 7) is 1.35. The summed E-state index contributed by atoms with van der Waals surface area (Å²) in [5, 5.41) is 7.53. The van der Waals surface area contributed by atoms with Crippen LogP contribution < -0.4 is 5.32 Å². The van der Waals surface area contributed by atoms with Gasteiger partial charge in [0.1, 0.15) is 12.8 Å². The van der Waals surface area contributed by atoms with Crippen molar-refractivity contribution in [3.05, 3.63) is 84.4 Å². The van der Waals surface area contributed by atoms with E-state index in [9.17, 15) is 4.79 Å². The van der Waals surface area contributed by atoms with E-state index in [4.69, 9.17) is 4.84 Å². The Morgan fingerprint density at radius 2 is 1.71 bits per heavy atom. The maximum Gasteiger partial charge on any atom is 0.253 e. The Kier molecular flexibility index (Phi) is 6.52. The number of pyridine rings is 2. The number of nitrogens with zero attached hydrogens (tertiary/aromatic N) is 4. The zero-order chi connectivity index (χ0) is 21.5. The van der Waals surface area contributed by atoms with Crippen LogP contribution in [0.3, 0.4) is 0 Å². The number of anilines is 2. The van der Waals surface area contributed by atoms with Gasteiger partial charge < -0.3 is 15.1 Å². The molecule has 158 valence electrons. The summed E-state index contributed by atoms with van der Waals surface area (Å²) in [5.74, 6) is 0.266. The first kappa shape index (κ1) is 20.5. The molecule has 1 aliphatic rings. The van der Waals surface area contributed by atoms with Gasteiger partial charge in [-0.15, -0.1) is 0 Å². The highest BCUT2D eigenvalue weighted by Crippen LogP contribution is 2.24. The van der Waals surface area contributed by atoms with Gasteiger partial charge in [0.2, 0.25) is 0 Å². The number of piperidine rings is 1. The van der Waals surface area contributed by atoms with E-state index < -0.39 is 0 Å². The van der Waals surface area contributed by atoms with Crippen molar-refractivity contribution in [1.82, 2.24) is 14.9 Å². The first-order chi connectivity index (χ1) is 15.2. The molecule has 0 saturated carbocycles. The molecule has 4 rings (SSSR count). The Hall–Kier alpha value is -3.74. The first-order valence-electron chi connectivity index (χ1n) is 10.3. The van der Waals surface area contributed by atoms with Gasteiger partial charge in [0.05, 0.1) is 5.69 Å². The third-order valence-corrected chi connectivity index (χ3v) is 5.39. The van der Waals surface area contributed by atoms with Crippen LogP contribution in [0.1, 0.15) is 28.9 Å². The van der Waals surface area contributed by atoms with Crippen LogP contribution in [0.15, 0.2) is 78.3 Å². The van der Waals surface area contributed by atoms with E-state index >= 15 is 0 Å². The van der Waals surface area contributed by atoms with Gasteiger partial charge in [-0.2, -0.15) is 0 Å². The smallest absolute Gasteiger partial charge is 0.253 e. The summed E-state index contributed by atoms with van der Waals surface area (Å²) in [6.07, 6.45) is 6.88. The Bertz CT molecular complexity index is 1010. The van der Waals surface area contributed by atoms with Crippen molar-refractivity contribution < 1.29 is 9.63 Å². The Balaban J connectivity index is 1.37. The van der Waals surface area contributed by atoms with Gasteiger partial charge >= 0.3 is 0 Å². The molecule has 0 spiro atoms. The lowest BCUT2D eigenvalue weighted by molar-refractivity contribution is 0.0709. The van der Waals surface area contributed by atoms with Gasteiger partial charge in [-0.05, 0) is 61.4 Å². The molecule has 0 unspecified atom stereocenters. The van der Waals surface area contributed by atoms with Crippen LogP contribution in [-0.2, 0) is 4.84 Å². The van der Waals surface area contributed by atoms with E-state index in [2.05, 4.69) is 20.4 Å². The zero-order valence-corrected chi connectivity index (χ0v) is 17.4. The Labute approximate surface area is 181 Å². The minimum atomic E-state index is 0.0528. The summed E-state index contributed by atoms with van der Waals surface area (Å²) < 4.78 is 0. The van der Waals surface area contributed by atoms with Crippen LogP contribution in [-0.4, -0.2) is 46.7 Å². The highest BCUT2D eigenvalue weighted by molar-refractivity contribution is 6.00. The summed E-state index contributed by atoms with van der Waals surface area (Å²) in [4.78, 5) is 28.4. The van der Waals surface area contributed by atoms with Crippen LogP contribution in [0.4, 0.5) is 11.4 Å². The first-order valence-corrected chi connectivity index (χ1v) is 10.3. The fourth-order valence-electron chi connectivity index (χ4n) is 3.78. The van der Waals surface area contributed by atoms with E-state index in [0.29, 0.717) is 18.7 Å². The number of aromatic nitrogens is 2. The molecule has 3 heterocycles. The van der Waals surface area contributed by atoms with Gasteiger partial charge in [-0.1, -0.05) is 11.2 Å². The fourth-order valence-corrected chi connectivity index (χ4v) is 3.78. The molecule has 0 aliphatic carbocycles. The van der Waals surface area contributed by atoms with Gasteiger partial charge in [0.25, 0.3) is 5.91 Å². The minimum absolute atomic E-state index is 0.0528. The summed E-state index contributed by atoms with van der Waals surface area (Å²) in [7, 11) is 1.55. The SMILES string of the molecule is CO/N=C(/c1ccccn1)C1CCN(C(=O)c2ccc(Nc3ccncc3)cc2)CC1. The number of hydrogen-bond donors (Lipinski definition) is 1. The topological polar surface area (TPSA) is 79.7 Å². The van der Waals surface area contributed by atoms with E-state index in [1.807, 2.05) is 59.5 Å². The fraction of sp³-hybridized carbons (Fsp3) is 0.250. The Morgan fingerprint density at radius 3 is 2.35 bits per heavy atom. The maximum absolute atomic E-state index is 13.0. The second-order valence-electron chi connectivity index (χ2n) is 7.38. The average Bonchev–Trinajstić information content (AvgIpc) is 2.84. The number of rotatable bonds is 6.